The monoisotopic (exact) mass is 354 g/mol. The fourth-order valence-corrected chi connectivity index (χ4v) is 3.80. The number of halogens is 1. The van der Waals surface area contributed by atoms with E-state index in [1.807, 2.05) is 76.5 Å². The third-order valence-corrected chi connectivity index (χ3v) is 4.91. The Morgan fingerprint density at radius 1 is 0.833 bits per heavy atom. The SMILES string of the molecule is O=C(C[n+]1ccccc1)N1c2ccccc2Sc2ccccc21.[Cl-]. The molecule has 0 saturated carbocycles. The van der Waals surface area contributed by atoms with E-state index >= 15 is 0 Å². The van der Waals surface area contributed by atoms with Gasteiger partial charge >= 0.3 is 0 Å². The lowest BCUT2D eigenvalue weighted by atomic mass is 10.2. The summed E-state index contributed by atoms with van der Waals surface area (Å²) in [6, 6.07) is 21.9. The van der Waals surface area contributed by atoms with E-state index < -0.39 is 0 Å². The predicted molar refractivity (Wildman–Crippen MR) is 90.8 cm³/mol. The molecule has 0 radical (unpaired) electrons. The van der Waals surface area contributed by atoms with Gasteiger partial charge in [0.1, 0.15) is 0 Å². The average Bonchev–Trinajstić information content (AvgIpc) is 2.60. The van der Waals surface area contributed by atoms with Crippen LogP contribution in [0.4, 0.5) is 11.4 Å². The molecule has 0 spiro atoms. The van der Waals surface area contributed by atoms with Crippen LogP contribution in [0.5, 0.6) is 0 Å². The van der Waals surface area contributed by atoms with Gasteiger partial charge in [0, 0.05) is 21.9 Å². The van der Waals surface area contributed by atoms with E-state index in [1.165, 1.54) is 0 Å². The largest absolute Gasteiger partial charge is 1.00 e. The van der Waals surface area contributed by atoms with Crippen molar-refractivity contribution < 1.29 is 21.8 Å². The van der Waals surface area contributed by atoms with Crippen molar-refractivity contribution in [3.8, 4) is 0 Å². The number of carbonyl (C=O) groups excluding carboxylic acids is 1. The first-order valence-corrected chi connectivity index (χ1v) is 8.27. The quantitative estimate of drug-likeness (QED) is 0.636. The summed E-state index contributed by atoms with van der Waals surface area (Å²) in [7, 11) is 0. The summed E-state index contributed by atoms with van der Waals surface area (Å²) in [5, 5.41) is 0. The molecule has 120 valence electrons. The van der Waals surface area contributed by atoms with Crippen LogP contribution in [0.2, 0.25) is 0 Å². The van der Waals surface area contributed by atoms with E-state index in [9.17, 15) is 4.79 Å². The number of anilines is 2. The third kappa shape index (κ3) is 3.03. The zero-order valence-electron chi connectivity index (χ0n) is 12.8. The first-order chi connectivity index (χ1) is 11.3. The van der Waals surface area contributed by atoms with Crippen LogP contribution in [0.3, 0.4) is 0 Å². The highest BCUT2D eigenvalue weighted by molar-refractivity contribution is 7.99. The summed E-state index contributed by atoms with van der Waals surface area (Å²) >= 11 is 1.71. The van der Waals surface area contributed by atoms with E-state index in [-0.39, 0.29) is 18.3 Å². The maximum Gasteiger partial charge on any atom is 0.297 e. The molecular weight excluding hydrogens is 340 g/mol. The zero-order chi connectivity index (χ0) is 15.6. The lowest BCUT2D eigenvalue weighted by molar-refractivity contribution is -0.684. The van der Waals surface area contributed by atoms with Crippen LogP contribution in [0, 0.1) is 0 Å². The molecule has 1 aliphatic rings. The van der Waals surface area contributed by atoms with E-state index in [0.717, 1.165) is 21.2 Å². The summed E-state index contributed by atoms with van der Waals surface area (Å²) < 4.78 is 1.90. The van der Waals surface area contributed by atoms with E-state index in [0.29, 0.717) is 6.54 Å². The Hall–Kier alpha value is -2.30. The second-order valence-electron chi connectivity index (χ2n) is 5.31. The van der Waals surface area contributed by atoms with Crippen molar-refractivity contribution in [2.75, 3.05) is 4.90 Å². The summed E-state index contributed by atoms with van der Waals surface area (Å²) in [5.41, 5.74) is 1.91. The zero-order valence-corrected chi connectivity index (χ0v) is 14.4. The minimum atomic E-state index is 0. The Morgan fingerprint density at radius 3 is 1.96 bits per heavy atom. The van der Waals surface area contributed by atoms with Crippen molar-refractivity contribution in [1.29, 1.82) is 0 Å². The van der Waals surface area contributed by atoms with Gasteiger partial charge in [0.2, 0.25) is 6.54 Å². The van der Waals surface area contributed by atoms with Crippen molar-refractivity contribution in [3.05, 3.63) is 79.1 Å². The van der Waals surface area contributed by atoms with Crippen molar-refractivity contribution in [3.63, 3.8) is 0 Å². The molecule has 1 amide bonds. The van der Waals surface area contributed by atoms with Crippen LogP contribution in [-0.4, -0.2) is 5.91 Å². The second-order valence-corrected chi connectivity index (χ2v) is 6.40. The number of aromatic nitrogens is 1. The van der Waals surface area contributed by atoms with Crippen molar-refractivity contribution >= 4 is 29.0 Å². The first kappa shape index (κ1) is 16.6. The Labute approximate surface area is 151 Å². The van der Waals surface area contributed by atoms with Crippen molar-refractivity contribution in [1.82, 2.24) is 0 Å². The number of carbonyl (C=O) groups is 1. The molecule has 0 bridgehead atoms. The van der Waals surface area contributed by atoms with Crippen LogP contribution >= 0.6 is 11.8 Å². The van der Waals surface area contributed by atoms with Crippen LogP contribution in [-0.2, 0) is 11.3 Å². The third-order valence-electron chi connectivity index (χ3n) is 3.78. The number of para-hydroxylation sites is 2. The molecule has 0 saturated heterocycles. The highest BCUT2D eigenvalue weighted by Gasteiger charge is 2.29. The van der Waals surface area contributed by atoms with Gasteiger partial charge < -0.3 is 12.4 Å². The van der Waals surface area contributed by atoms with Gasteiger partial charge in [-0.3, -0.25) is 9.69 Å². The molecule has 0 N–H and O–H groups in total. The number of nitrogens with zero attached hydrogens (tertiary/aromatic N) is 2. The number of hydrogen-bond donors (Lipinski definition) is 0. The topological polar surface area (TPSA) is 24.2 Å². The summed E-state index contributed by atoms with van der Waals surface area (Å²) in [6.07, 6.45) is 3.82. The molecule has 0 aliphatic carbocycles. The Morgan fingerprint density at radius 2 is 1.38 bits per heavy atom. The number of fused-ring (bicyclic) bond motifs is 2. The molecule has 1 aromatic heterocycles. The number of amides is 1. The number of benzene rings is 2. The normalized spacial score (nSPS) is 11.9. The van der Waals surface area contributed by atoms with Gasteiger partial charge in [-0.2, -0.15) is 4.57 Å². The maximum absolute atomic E-state index is 13.0. The minimum absolute atomic E-state index is 0. The Balaban J connectivity index is 0.00000169. The van der Waals surface area contributed by atoms with Crippen molar-refractivity contribution in [2.45, 2.75) is 16.3 Å². The maximum atomic E-state index is 13.0. The molecule has 2 aromatic carbocycles. The van der Waals surface area contributed by atoms with Gasteiger partial charge in [-0.15, -0.1) is 0 Å². The molecule has 0 fully saturated rings. The molecule has 3 nitrogen and oxygen atoms in total. The molecule has 2 heterocycles. The average molecular weight is 355 g/mol. The molecule has 1 aliphatic heterocycles. The smallest absolute Gasteiger partial charge is 0.297 e. The van der Waals surface area contributed by atoms with E-state index in [4.69, 9.17) is 0 Å². The second kappa shape index (κ2) is 7.07. The van der Waals surface area contributed by atoms with Crippen molar-refractivity contribution in [2.24, 2.45) is 0 Å². The highest BCUT2D eigenvalue weighted by atomic mass is 35.5. The molecule has 0 unspecified atom stereocenters. The molecular formula is C19H15ClN2OS. The fourth-order valence-electron chi connectivity index (χ4n) is 2.74. The van der Waals surface area contributed by atoms with Gasteiger partial charge in [0.05, 0.1) is 11.4 Å². The van der Waals surface area contributed by atoms with Gasteiger partial charge in [-0.25, -0.2) is 0 Å². The van der Waals surface area contributed by atoms with Crippen LogP contribution < -0.4 is 21.9 Å². The summed E-state index contributed by atoms with van der Waals surface area (Å²) in [5.74, 6) is 0.0569. The molecule has 5 heteroatoms. The van der Waals surface area contributed by atoms with Crippen LogP contribution in [0.1, 0.15) is 0 Å². The standard InChI is InChI=1S/C19H15N2OS.ClH/c22-19(14-20-12-6-1-7-13-20)21-15-8-2-4-10-17(15)23-18-11-5-3-9-16(18)21;/h1-13H,14H2;1H/q+1;/p-1. The van der Waals surface area contributed by atoms with E-state index in [1.54, 1.807) is 11.8 Å². The predicted octanol–water partition coefficient (Wildman–Crippen LogP) is 0.808. The molecule has 4 rings (SSSR count). The molecule has 0 atom stereocenters. The van der Waals surface area contributed by atoms with Gasteiger partial charge in [-0.05, 0) is 24.3 Å². The number of hydrogen-bond acceptors (Lipinski definition) is 2. The van der Waals surface area contributed by atoms with Gasteiger partial charge in [-0.1, -0.05) is 42.1 Å². The summed E-state index contributed by atoms with van der Waals surface area (Å²) in [4.78, 5) is 17.0. The van der Waals surface area contributed by atoms with Crippen LogP contribution in [0.15, 0.2) is 88.9 Å². The fraction of sp³-hybridized carbons (Fsp3) is 0.0526. The van der Waals surface area contributed by atoms with E-state index in [2.05, 4.69) is 12.1 Å². The van der Waals surface area contributed by atoms with Crippen LogP contribution in [0.25, 0.3) is 0 Å². The highest BCUT2D eigenvalue weighted by Crippen LogP contribution is 2.47. The molecule has 3 aromatic rings. The van der Waals surface area contributed by atoms with Gasteiger partial charge in [0.25, 0.3) is 5.91 Å². The Kier molecular flexibility index (Phi) is 4.88. The Bertz CT molecular complexity index is 825. The first-order valence-electron chi connectivity index (χ1n) is 7.46. The number of rotatable bonds is 2. The van der Waals surface area contributed by atoms with Gasteiger partial charge in [0.15, 0.2) is 12.4 Å². The lowest BCUT2D eigenvalue weighted by Crippen LogP contribution is -3.00. The minimum Gasteiger partial charge on any atom is -1.00 e. The summed E-state index contributed by atoms with van der Waals surface area (Å²) in [6.45, 7) is 0.314. The molecule has 24 heavy (non-hydrogen) atoms. The number of pyridine rings is 1. The lowest BCUT2D eigenvalue weighted by Gasteiger charge is -2.30.